The Morgan fingerprint density at radius 2 is 1.88 bits per heavy atom. The summed E-state index contributed by atoms with van der Waals surface area (Å²) < 4.78 is 70.6. The molecule has 1 N–H and O–H groups in total. The van der Waals surface area contributed by atoms with E-state index in [9.17, 15) is 26.7 Å². The molecule has 0 aliphatic heterocycles. The normalized spacial score (nSPS) is 11.8. The molecule has 0 fully saturated rings. The Labute approximate surface area is 144 Å². The van der Waals surface area contributed by atoms with E-state index in [1.807, 2.05) is 0 Å². The van der Waals surface area contributed by atoms with Crippen LogP contribution in [0.1, 0.15) is 21.5 Å². The fourth-order valence-electron chi connectivity index (χ4n) is 2.72. The molecule has 0 aliphatic rings. The zero-order valence-corrected chi connectivity index (χ0v) is 13.4. The molecule has 0 saturated carbocycles. The summed E-state index contributed by atoms with van der Waals surface area (Å²) in [5, 5.41) is -0.0372. The Balaban J connectivity index is 2.01. The lowest BCUT2D eigenvalue weighted by molar-refractivity contribution is -0.139. The molecule has 26 heavy (non-hydrogen) atoms. The number of fused-ring (bicyclic) bond motifs is 1. The van der Waals surface area contributed by atoms with E-state index < -0.39 is 29.2 Å². The summed E-state index contributed by atoms with van der Waals surface area (Å²) in [6.07, 6.45) is -3.87. The third kappa shape index (κ3) is 3.26. The SMILES string of the molecule is COc1cc(F)ccc1CC(=O)c1c[nH]c2cc(F)c(C(F)(F)F)cc12. The fraction of sp³-hybridized carbons (Fsp3) is 0.167. The van der Waals surface area contributed by atoms with Gasteiger partial charge in [0.25, 0.3) is 0 Å². The van der Waals surface area contributed by atoms with Crippen molar-refractivity contribution in [3.05, 3.63) is 64.9 Å². The van der Waals surface area contributed by atoms with Gasteiger partial charge in [0.15, 0.2) is 5.78 Å². The van der Waals surface area contributed by atoms with E-state index in [-0.39, 0.29) is 28.6 Å². The van der Waals surface area contributed by atoms with E-state index in [1.54, 1.807) is 0 Å². The molecule has 0 saturated heterocycles. The lowest BCUT2D eigenvalue weighted by atomic mass is 10.0. The summed E-state index contributed by atoms with van der Waals surface area (Å²) in [5.41, 5.74) is -1.01. The maximum Gasteiger partial charge on any atom is 0.419 e. The topological polar surface area (TPSA) is 42.1 Å². The average Bonchev–Trinajstić information content (AvgIpc) is 2.97. The lowest BCUT2D eigenvalue weighted by Crippen LogP contribution is -2.09. The van der Waals surface area contributed by atoms with Gasteiger partial charge < -0.3 is 9.72 Å². The van der Waals surface area contributed by atoms with Crippen molar-refractivity contribution in [2.24, 2.45) is 0 Å². The Morgan fingerprint density at radius 1 is 1.15 bits per heavy atom. The highest BCUT2D eigenvalue weighted by atomic mass is 19.4. The van der Waals surface area contributed by atoms with Crippen LogP contribution in [0.4, 0.5) is 22.0 Å². The first-order chi connectivity index (χ1) is 12.2. The smallest absolute Gasteiger partial charge is 0.419 e. The number of halogens is 5. The maximum absolute atomic E-state index is 13.6. The van der Waals surface area contributed by atoms with Gasteiger partial charge in [-0.3, -0.25) is 4.79 Å². The number of aromatic nitrogens is 1. The number of methoxy groups -OCH3 is 1. The summed E-state index contributed by atoms with van der Waals surface area (Å²) in [6.45, 7) is 0. The molecule has 0 aliphatic carbocycles. The first-order valence-electron chi connectivity index (χ1n) is 7.44. The molecule has 0 bridgehead atoms. The van der Waals surface area contributed by atoms with Gasteiger partial charge in [-0.2, -0.15) is 13.2 Å². The van der Waals surface area contributed by atoms with Crippen molar-refractivity contribution in [1.82, 2.24) is 4.98 Å². The Bertz CT molecular complexity index is 991. The number of rotatable bonds is 4. The van der Waals surface area contributed by atoms with Crippen molar-refractivity contribution < 1.29 is 31.5 Å². The Kier molecular flexibility index (Phi) is 4.43. The van der Waals surface area contributed by atoms with E-state index in [4.69, 9.17) is 4.74 Å². The lowest BCUT2D eigenvalue weighted by Gasteiger charge is -2.09. The summed E-state index contributed by atoms with van der Waals surface area (Å²) in [4.78, 5) is 15.1. The number of benzene rings is 2. The highest BCUT2D eigenvalue weighted by Gasteiger charge is 2.35. The Hall–Kier alpha value is -2.90. The number of H-pyrrole nitrogens is 1. The van der Waals surface area contributed by atoms with E-state index in [1.165, 1.54) is 19.4 Å². The van der Waals surface area contributed by atoms with Crippen LogP contribution in [0, 0.1) is 11.6 Å². The number of nitrogens with one attached hydrogen (secondary N) is 1. The molecule has 3 nitrogen and oxygen atoms in total. The standard InChI is InChI=1S/C18H12F5NO2/c1-26-17-5-10(19)3-2-9(17)4-16(25)12-8-24-15-7-14(20)13(6-11(12)15)18(21,22)23/h2-3,5-8,24H,4H2,1H3. The molecule has 8 heteroatoms. The number of hydrogen-bond donors (Lipinski definition) is 1. The van der Waals surface area contributed by atoms with Crippen molar-refractivity contribution in [2.75, 3.05) is 7.11 Å². The molecule has 1 aromatic heterocycles. The largest absolute Gasteiger partial charge is 0.496 e. The van der Waals surface area contributed by atoms with Gasteiger partial charge in [0.2, 0.25) is 0 Å². The van der Waals surface area contributed by atoms with E-state index in [0.29, 0.717) is 17.7 Å². The van der Waals surface area contributed by atoms with Crippen molar-refractivity contribution in [3.63, 3.8) is 0 Å². The number of aromatic amines is 1. The van der Waals surface area contributed by atoms with Crippen molar-refractivity contribution in [1.29, 1.82) is 0 Å². The second kappa shape index (κ2) is 6.44. The van der Waals surface area contributed by atoms with Crippen LogP contribution < -0.4 is 4.74 Å². The van der Waals surface area contributed by atoms with E-state index in [2.05, 4.69) is 4.98 Å². The third-order valence-corrected chi connectivity index (χ3v) is 3.98. The second-order valence-corrected chi connectivity index (χ2v) is 5.63. The van der Waals surface area contributed by atoms with Crippen LogP contribution in [0.2, 0.25) is 0 Å². The first kappa shape index (κ1) is 17.9. The molecular formula is C18H12F5NO2. The van der Waals surface area contributed by atoms with Crippen LogP contribution in [-0.4, -0.2) is 17.9 Å². The highest BCUT2D eigenvalue weighted by molar-refractivity contribution is 6.09. The van der Waals surface area contributed by atoms with Crippen LogP contribution in [0.3, 0.4) is 0 Å². The van der Waals surface area contributed by atoms with Gasteiger partial charge in [-0.25, -0.2) is 8.78 Å². The number of carbonyl (C=O) groups excluding carboxylic acids is 1. The molecule has 1 heterocycles. The summed E-state index contributed by atoms with van der Waals surface area (Å²) >= 11 is 0. The number of ether oxygens (including phenoxy) is 1. The molecule has 0 spiro atoms. The van der Waals surface area contributed by atoms with Gasteiger partial charge in [-0.15, -0.1) is 0 Å². The number of alkyl halides is 3. The predicted molar refractivity (Wildman–Crippen MR) is 84.2 cm³/mol. The van der Waals surface area contributed by atoms with Gasteiger partial charge >= 0.3 is 6.18 Å². The van der Waals surface area contributed by atoms with Gasteiger partial charge in [-0.1, -0.05) is 6.07 Å². The second-order valence-electron chi connectivity index (χ2n) is 5.63. The van der Waals surface area contributed by atoms with Crippen molar-refractivity contribution in [2.45, 2.75) is 12.6 Å². The zero-order chi connectivity index (χ0) is 19.1. The summed E-state index contributed by atoms with van der Waals surface area (Å²) in [6, 6.07) is 4.93. The Morgan fingerprint density at radius 3 is 2.54 bits per heavy atom. The van der Waals surface area contributed by atoms with E-state index >= 15 is 0 Å². The molecule has 2 aromatic carbocycles. The summed E-state index contributed by atoms with van der Waals surface area (Å²) in [5.74, 6) is -2.33. The number of hydrogen-bond acceptors (Lipinski definition) is 2. The minimum atomic E-state index is -4.88. The van der Waals surface area contributed by atoms with Crippen LogP contribution in [0.5, 0.6) is 5.75 Å². The first-order valence-corrected chi connectivity index (χ1v) is 7.44. The minimum absolute atomic E-state index is 0.0168. The highest BCUT2D eigenvalue weighted by Crippen LogP contribution is 2.35. The fourth-order valence-corrected chi connectivity index (χ4v) is 2.72. The molecule has 136 valence electrons. The predicted octanol–water partition coefficient (Wildman–Crippen LogP) is 4.90. The third-order valence-electron chi connectivity index (χ3n) is 3.98. The molecule has 3 rings (SSSR count). The van der Waals surface area contributed by atoms with Gasteiger partial charge in [0, 0.05) is 40.7 Å². The van der Waals surface area contributed by atoms with Crippen molar-refractivity contribution >= 4 is 16.7 Å². The van der Waals surface area contributed by atoms with Crippen LogP contribution in [0.25, 0.3) is 10.9 Å². The molecular weight excluding hydrogens is 357 g/mol. The maximum atomic E-state index is 13.6. The number of carbonyl (C=O) groups is 1. The van der Waals surface area contributed by atoms with Gasteiger partial charge in [0.05, 0.1) is 12.7 Å². The average molecular weight is 369 g/mol. The van der Waals surface area contributed by atoms with E-state index in [0.717, 1.165) is 12.1 Å². The van der Waals surface area contributed by atoms with Gasteiger partial charge in [-0.05, 0) is 18.2 Å². The van der Waals surface area contributed by atoms with Crippen LogP contribution >= 0.6 is 0 Å². The quantitative estimate of drug-likeness (QED) is 0.525. The monoisotopic (exact) mass is 369 g/mol. The number of ketones is 1. The molecule has 0 radical (unpaired) electrons. The molecule has 3 aromatic rings. The molecule has 0 amide bonds. The van der Waals surface area contributed by atoms with Gasteiger partial charge in [0.1, 0.15) is 17.4 Å². The zero-order valence-electron chi connectivity index (χ0n) is 13.4. The van der Waals surface area contributed by atoms with Crippen molar-refractivity contribution in [3.8, 4) is 5.75 Å². The number of Topliss-reactive ketones (excluding diaryl/α,β-unsaturated/α-hetero) is 1. The van der Waals surface area contributed by atoms with Crippen LogP contribution in [0.15, 0.2) is 36.5 Å². The summed E-state index contributed by atoms with van der Waals surface area (Å²) in [7, 11) is 1.31. The molecule has 0 atom stereocenters. The minimum Gasteiger partial charge on any atom is -0.496 e. The van der Waals surface area contributed by atoms with Crippen LogP contribution in [-0.2, 0) is 12.6 Å². The molecule has 0 unspecified atom stereocenters.